The van der Waals surface area contributed by atoms with Crippen molar-refractivity contribution in [3.8, 4) is 5.75 Å². The number of methoxy groups -OCH3 is 1. The van der Waals surface area contributed by atoms with Gasteiger partial charge in [0, 0.05) is 16.8 Å². The number of rotatable bonds is 5. The maximum absolute atomic E-state index is 12.2. The molecule has 0 atom stereocenters. The van der Waals surface area contributed by atoms with Crippen molar-refractivity contribution in [3.63, 3.8) is 0 Å². The number of hydrogen-bond acceptors (Lipinski definition) is 5. The van der Waals surface area contributed by atoms with Crippen LogP contribution in [0.3, 0.4) is 0 Å². The number of nitrogens with two attached hydrogens (primary N) is 1. The van der Waals surface area contributed by atoms with E-state index in [9.17, 15) is 8.42 Å². The van der Waals surface area contributed by atoms with Crippen molar-refractivity contribution >= 4 is 27.0 Å². The molecule has 2 rings (SSSR count). The predicted octanol–water partition coefficient (Wildman–Crippen LogP) is 2.02. The van der Waals surface area contributed by atoms with Crippen molar-refractivity contribution in [2.45, 2.75) is 11.4 Å². The van der Waals surface area contributed by atoms with Gasteiger partial charge in [-0.25, -0.2) is 8.42 Å². The van der Waals surface area contributed by atoms with Crippen LogP contribution in [0.25, 0.3) is 0 Å². The van der Waals surface area contributed by atoms with Gasteiger partial charge in [-0.2, -0.15) is 0 Å². The summed E-state index contributed by atoms with van der Waals surface area (Å²) in [4.78, 5) is 1.03. The minimum Gasteiger partial charge on any atom is -0.495 e. The van der Waals surface area contributed by atoms with E-state index in [1.54, 1.807) is 35.7 Å². The van der Waals surface area contributed by atoms with E-state index < -0.39 is 10.0 Å². The molecule has 0 spiro atoms. The summed E-state index contributed by atoms with van der Waals surface area (Å²) in [5, 5.41) is 1.57. The molecule has 102 valence electrons. The lowest BCUT2D eigenvalue weighted by Crippen LogP contribution is -2.12. The van der Waals surface area contributed by atoms with E-state index in [4.69, 9.17) is 10.5 Å². The van der Waals surface area contributed by atoms with Crippen molar-refractivity contribution in [1.82, 2.24) is 0 Å². The van der Waals surface area contributed by atoms with Gasteiger partial charge in [-0.05, 0) is 18.2 Å². The molecule has 19 heavy (non-hydrogen) atoms. The van der Waals surface area contributed by atoms with E-state index in [1.807, 2.05) is 0 Å². The Morgan fingerprint density at radius 3 is 2.74 bits per heavy atom. The first kappa shape index (κ1) is 13.9. The van der Waals surface area contributed by atoms with E-state index in [1.165, 1.54) is 18.4 Å². The third kappa shape index (κ3) is 3.06. The molecule has 0 amide bonds. The van der Waals surface area contributed by atoms with Gasteiger partial charge in [0.15, 0.2) is 0 Å². The quantitative estimate of drug-likeness (QED) is 0.885. The maximum atomic E-state index is 12.2. The van der Waals surface area contributed by atoms with Gasteiger partial charge in [0.05, 0.1) is 17.7 Å². The normalized spacial score (nSPS) is 11.3. The first-order valence-electron chi connectivity index (χ1n) is 5.50. The van der Waals surface area contributed by atoms with Gasteiger partial charge in [0.2, 0.25) is 0 Å². The Hall–Kier alpha value is -1.57. The molecule has 0 aliphatic heterocycles. The second-order valence-electron chi connectivity index (χ2n) is 3.76. The highest BCUT2D eigenvalue weighted by molar-refractivity contribution is 7.92. The fourth-order valence-corrected chi connectivity index (χ4v) is 3.77. The number of sulfonamides is 1. The van der Waals surface area contributed by atoms with Crippen LogP contribution in [0.15, 0.2) is 40.6 Å². The highest BCUT2D eigenvalue weighted by atomic mass is 32.2. The average Bonchev–Trinajstić information content (AvgIpc) is 2.88. The summed E-state index contributed by atoms with van der Waals surface area (Å²) in [5.74, 6) is 0.473. The van der Waals surface area contributed by atoms with Crippen LogP contribution in [0.5, 0.6) is 5.75 Å². The van der Waals surface area contributed by atoms with Crippen molar-refractivity contribution in [2.75, 3.05) is 11.8 Å². The van der Waals surface area contributed by atoms with Gasteiger partial charge in [-0.15, -0.1) is 11.3 Å². The van der Waals surface area contributed by atoms with Crippen LogP contribution in [0, 0.1) is 0 Å². The van der Waals surface area contributed by atoms with E-state index in [2.05, 4.69) is 4.72 Å². The number of benzene rings is 1. The summed E-state index contributed by atoms with van der Waals surface area (Å²) < 4.78 is 32.0. The van der Waals surface area contributed by atoms with Crippen LogP contribution in [-0.2, 0) is 16.6 Å². The minimum atomic E-state index is -3.61. The van der Waals surface area contributed by atoms with Gasteiger partial charge in [-0.3, -0.25) is 4.72 Å². The van der Waals surface area contributed by atoms with Crippen LogP contribution in [0.2, 0.25) is 0 Å². The third-order valence-electron chi connectivity index (χ3n) is 2.49. The molecule has 0 aliphatic carbocycles. The lowest BCUT2D eigenvalue weighted by atomic mass is 10.3. The lowest BCUT2D eigenvalue weighted by Gasteiger charge is -2.10. The molecular formula is C12H14N2O3S2. The van der Waals surface area contributed by atoms with Crippen molar-refractivity contribution < 1.29 is 13.2 Å². The van der Waals surface area contributed by atoms with Crippen molar-refractivity contribution in [3.05, 3.63) is 40.6 Å². The first-order valence-corrected chi connectivity index (χ1v) is 7.86. The SMILES string of the molecule is COc1ccccc1NS(=O)(=O)c1csc(CN)c1. The van der Waals surface area contributed by atoms with Crippen LogP contribution in [-0.4, -0.2) is 15.5 Å². The van der Waals surface area contributed by atoms with E-state index >= 15 is 0 Å². The molecule has 7 heteroatoms. The largest absolute Gasteiger partial charge is 0.495 e. The fourth-order valence-electron chi connectivity index (χ4n) is 1.54. The van der Waals surface area contributed by atoms with Crippen LogP contribution in [0.4, 0.5) is 5.69 Å². The van der Waals surface area contributed by atoms with Crippen LogP contribution >= 0.6 is 11.3 Å². The number of hydrogen-bond donors (Lipinski definition) is 2. The zero-order valence-corrected chi connectivity index (χ0v) is 11.9. The molecule has 0 fully saturated rings. The Kier molecular flexibility index (Phi) is 4.08. The lowest BCUT2D eigenvalue weighted by molar-refractivity contribution is 0.417. The number of anilines is 1. The molecule has 5 nitrogen and oxygen atoms in total. The van der Waals surface area contributed by atoms with Crippen LogP contribution < -0.4 is 15.2 Å². The highest BCUT2D eigenvalue weighted by Crippen LogP contribution is 2.27. The maximum Gasteiger partial charge on any atom is 0.262 e. The summed E-state index contributed by atoms with van der Waals surface area (Å²) in [6.45, 7) is 0.328. The number of nitrogens with one attached hydrogen (secondary N) is 1. The molecule has 3 N–H and O–H groups in total. The Bertz CT molecular complexity index is 665. The highest BCUT2D eigenvalue weighted by Gasteiger charge is 2.17. The first-order chi connectivity index (χ1) is 9.06. The second-order valence-corrected chi connectivity index (χ2v) is 6.44. The minimum absolute atomic E-state index is 0.212. The summed E-state index contributed by atoms with van der Waals surface area (Å²) in [6.07, 6.45) is 0. The summed E-state index contributed by atoms with van der Waals surface area (Å²) in [6, 6.07) is 8.42. The molecule has 0 saturated heterocycles. The Balaban J connectivity index is 2.31. The molecule has 0 bridgehead atoms. The van der Waals surface area contributed by atoms with Gasteiger partial charge in [0.1, 0.15) is 5.75 Å². The third-order valence-corrected chi connectivity index (χ3v) is 4.95. The smallest absolute Gasteiger partial charge is 0.262 e. The standard InChI is InChI=1S/C12H14N2O3S2/c1-17-12-5-3-2-4-11(12)14-19(15,16)10-6-9(7-13)18-8-10/h2-6,8,14H,7,13H2,1H3. The molecule has 1 aromatic carbocycles. The van der Waals surface area contributed by atoms with Crippen LogP contribution in [0.1, 0.15) is 4.88 Å². The Morgan fingerprint density at radius 1 is 1.37 bits per heavy atom. The summed E-state index contributed by atoms with van der Waals surface area (Å²) >= 11 is 1.32. The average molecular weight is 298 g/mol. The number of ether oxygens (including phenoxy) is 1. The molecule has 0 saturated carbocycles. The molecule has 1 heterocycles. The van der Waals surface area contributed by atoms with Gasteiger partial charge in [0.25, 0.3) is 10.0 Å². The monoisotopic (exact) mass is 298 g/mol. The number of thiophene rings is 1. The molecule has 1 aromatic heterocycles. The Labute approximate surface area is 116 Å². The second kappa shape index (κ2) is 5.60. The molecule has 0 aliphatic rings. The zero-order chi connectivity index (χ0) is 13.9. The van der Waals surface area contributed by atoms with Crippen molar-refractivity contribution in [1.29, 1.82) is 0 Å². The van der Waals surface area contributed by atoms with E-state index in [0.717, 1.165) is 4.88 Å². The number of para-hydroxylation sites is 2. The molecule has 2 aromatic rings. The summed E-state index contributed by atoms with van der Waals surface area (Å²) in [7, 11) is -2.12. The predicted molar refractivity (Wildman–Crippen MR) is 76.0 cm³/mol. The van der Waals surface area contributed by atoms with E-state index in [-0.39, 0.29) is 4.90 Å². The summed E-state index contributed by atoms with van der Waals surface area (Å²) in [5.41, 5.74) is 5.89. The Morgan fingerprint density at radius 2 is 2.11 bits per heavy atom. The molecular weight excluding hydrogens is 284 g/mol. The van der Waals surface area contributed by atoms with Gasteiger partial charge >= 0.3 is 0 Å². The zero-order valence-electron chi connectivity index (χ0n) is 10.3. The van der Waals surface area contributed by atoms with Gasteiger partial charge in [-0.1, -0.05) is 12.1 Å². The molecule has 0 radical (unpaired) electrons. The molecule has 0 unspecified atom stereocenters. The van der Waals surface area contributed by atoms with Gasteiger partial charge < -0.3 is 10.5 Å². The van der Waals surface area contributed by atoms with E-state index in [0.29, 0.717) is 18.0 Å². The van der Waals surface area contributed by atoms with Crippen molar-refractivity contribution in [2.24, 2.45) is 5.73 Å². The topological polar surface area (TPSA) is 81.4 Å². The fraction of sp³-hybridized carbons (Fsp3) is 0.167.